The largest absolute Gasteiger partial charge is 0.490 e. The summed E-state index contributed by atoms with van der Waals surface area (Å²) in [5, 5.41) is 6.19. The van der Waals surface area contributed by atoms with Crippen molar-refractivity contribution in [3.63, 3.8) is 0 Å². The van der Waals surface area contributed by atoms with E-state index in [1.54, 1.807) is 48.5 Å². The first-order chi connectivity index (χ1) is 14.9. The smallest absolute Gasteiger partial charge is 0.421 e. The van der Waals surface area contributed by atoms with E-state index in [9.17, 15) is 13.2 Å². The lowest BCUT2D eigenvalue weighted by Crippen LogP contribution is -2.13. The number of alkyl halides is 3. The van der Waals surface area contributed by atoms with Crippen LogP contribution in [0.1, 0.15) is 31.2 Å². The van der Waals surface area contributed by atoms with Gasteiger partial charge in [0.05, 0.1) is 6.10 Å². The van der Waals surface area contributed by atoms with E-state index >= 15 is 0 Å². The lowest BCUT2D eigenvalue weighted by atomic mass is 10.2. The third-order valence-electron chi connectivity index (χ3n) is 4.90. The van der Waals surface area contributed by atoms with Gasteiger partial charge < -0.3 is 15.4 Å². The van der Waals surface area contributed by atoms with Crippen LogP contribution in [0.25, 0.3) is 0 Å². The zero-order valence-electron chi connectivity index (χ0n) is 16.4. The van der Waals surface area contributed by atoms with Crippen LogP contribution in [0.3, 0.4) is 0 Å². The number of halogens is 4. The van der Waals surface area contributed by atoms with Crippen LogP contribution < -0.4 is 15.4 Å². The molecular formula is C22H20ClF3N4O. The lowest BCUT2D eigenvalue weighted by molar-refractivity contribution is -0.137. The van der Waals surface area contributed by atoms with E-state index < -0.39 is 11.7 Å². The van der Waals surface area contributed by atoms with E-state index in [2.05, 4.69) is 20.6 Å². The van der Waals surface area contributed by atoms with Crippen molar-refractivity contribution in [2.45, 2.75) is 38.0 Å². The van der Waals surface area contributed by atoms with Crippen molar-refractivity contribution in [1.82, 2.24) is 9.97 Å². The number of hydrogen-bond donors (Lipinski definition) is 2. The number of nitrogens with zero attached hydrogens (tertiary/aromatic N) is 2. The molecule has 1 saturated carbocycles. The van der Waals surface area contributed by atoms with Gasteiger partial charge in [-0.2, -0.15) is 18.2 Å². The van der Waals surface area contributed by atoms with Crippen molar-refractivity contribution < 1.29 is 17.9 Å². The molecule has 0 saturated heterocycles. The van der Waals surface area contributed by atoms with Crippen LogP contribution in [-0.2, 0) is 6.18 Å². The molecule has 2 aromatic carbocycles. The van der Waals surface area contributed by atoms with Gasteiger partial charge in [-0.25, -0.2) is 4.98 Å². The number of benzene rings is 2. The molecule has 31 heavy (non-hydrogen) atoms. The second-order valence-corrected chi connectivity index (χ2v) is 7.70. The first kappa shape index (κ1) is 21.2. The van der Waals surface area contributed by atoms with Gasteiger partial charge in [0.1, 0.15) is 17.1 Å². The van der Waals surface area contributed by atoms with Gasteiger partial charge in [0.15, 0.2) is 0 Å². The Labute approximate surface area is 182 Å². The van der Waals surface area contributed by atoms with Crippen molar-refractivity contribution in [3.05, 3.63) is 65.3 Å². The van der Waals surface area contributed by atoms with Crippen molar-refractivity contribution >= 4 is 34.7 Å². The molecule has 1 aliphatic rings. The fourth-order valence-electron chi connectivity index (χ4n) is 3.39. The molecule has 1 fully saturated rings. The van der Waals surface area contributed by atoms with E-state index in [-0.39, 0.29) is 17.9 Å². The molecule has 0 unspecified atom stereocenters. The molecule has 4 rings (SSSR count). The monoisotopic (exact) mass is 448 g/mol. The molecule has 0 aliphatic heterocycles. The van der Waals surface area contributed by atoms with Crippen molar-refractivity contribution in [3.8, 4) is 5.75 Å². The van der Waals surface area contributed by atoms with Crippen molar-refractivity contribution in [2.24, 2.45) is 0 Å². The quantitative estimate of drug-likeness (QED) is 0.427. The van der Waals surface area contributed by atoms with Gasteiger partial charge in [-0.3, -0.25) is 0 Å². The Bertz CT molecular complexity index is 1040. The summed E-state index contributed by atoms with van der Waals surface area (Å²) in [5.74, 6) is 0.284. The number of rotatable bonds is 6. The number of aromatic nitrogens is 2. The van der Waals surface area contributed by atoms with Crippen LogP contribution in [0, 0.1) is 0 Å². The predicted octanol–water partition coefficient (Wildman–Crippen LogP) is 6.96. The first-order valence-corrected chi connectivity index (χ1v) is 10.3. The molecule has 0 spiro atoms. The minimum absolute atomic E-state index is 0.0242. The Morgan fingerprint density at radius 2 is 1.71 bits per heavy atom. The van der Waals surface area contributed by atoms with Crippen LogP contribution >= 0.6 is 11.6 Å². The van der Waals surface area contributed by atoms with Gasteiger partial charge >= 0.3 is 6.18 Å². The second-order valence-electron chi connectivity index (χ2n) is 7.26. The summed E-state index contributed by atoms with van der Waals surface area (Å²) in [6.45, 7) is 0. The van der Waals surface area contributed by atoms with Gasteiger partial charge in [0.25, 0.3) is 0 Å². The fourth-order valence-corrected chi connectivity index (χ4v) is 3.52. The molecule has 162 valence electrons. The van der Waals surface area contributed by atoms with Gasteiger partial charge in [0, 0.05) is 28.7 Å². The van der Waals surface area contributed by atoms with E-state index in [1.165, 1.54) is 0 Å². The molecule has 0 atom stereocenters. The molecule has 0 radical (unpaired) electrons. The second kappa shape index (κ2) is 9.01. The maximum Gasteiger partial charge on any atom is 0.421 e. The topological polar surface area (TPSA) is 59.1 Å². The van der Waals surface area contributed by atoms with E-state index in [0.717, 1.165) is 31.9 Å². The summed E-state index contributed by atoms with van der Waals surface area (Å²) in [6, 6.07) is 13.5. The molecular weight excluding hydrogens is 429 g/mol. The Hall–Kier alpha value is -3.00. The third-order valence-corrected chi connectivity index (χ3v) is 5.15. The van der Waals surface area contributed by atoms with Gasteiger partial charge in [-0.1, -0.05) is 17.7 Å². The molecule has 1 heterocycles. The highest BCUT2D eigenvalue weighted by molar-refractivity contribution is 6.30. The Kier molecular flexibility index (Phi) is 6.18. The Morgan fingerprint density at radius 1 is 0.968 bits per heavy atom. The first-order valence-electron chi connectivity index (χ1n) is 9.87. The van der Waals surface area contributed by atoms with Crippen LogP contribution in [0.15, 0.2) is 54.7 Å². The molecule has 0 amide bonds. The number of nitrogens with one attached hydrogen (secondary N) is 2. The summed E-state index contributed by atoms with van der Waals surface area (Å²) in [4.78, 5) is 7.87. The van der Waals surface area contributed by atoms with Crippen LogP contribution in [-0.4, -0.2) is 16.1 Å². The predicted molar refractivity (Wildman–Crippen MR) is 114 cm³/mol. The summed E-state index contributed by atoms with van der Waals surface area (Å²) >= 11 is 5.86. The summed E-state index contributed by atoms with van der Waals surface area (Å²) in [5.41, 5.74) is 0.0791. The molecule has 1 aliphatic carbocycles. The molecule has 3 aromatic rings. The highest BCUT2D eigenvalue weighted by Crippen LogP contribution is 2.36. The Balaban J connectivity index is 1.58. The number of hydrogen-bond acceptors (Lipinski definition) is 5. The molecule has 5 nitrogen and oxygen atoms in total. The molecule has 9 heteroatoms. The minimum atomic E-state index is -4.61. The molecule has 1 aromatic heterocycles. The molecule has 2 N–H and O–H groups in total. The van der Waals surface area contributed by atoms with Gasteiger partial charge in [0.2, 0.25) is 5.95 Å². The SMILES string of the molecule is FC(F)(F)c1cnc(Nc2ccc(Cl)cc2)nc1Nc1cccc(OC2CCCC2)c1. The lowest BCUT2D eigenvalue weighted by Gasteiger charge is -2.16. The van der Waals surface area contributed by atoms with Crippen LogP contribution in [0.4, 0.5) is 36.3 Å². The van der Waals surface area contributed by atoms with Crippen molar-refractivity contribution in [1.29, 1.82) is 0 Å². The molecule has 0 bridgehead atoms. The zero-order chi connectivity index (χ0) is 21.8. The summed E-state index contributed by atoms with van der Waals surface area (Å²) in [6.07, 6.45) is 0.522. The van der Waals surface area contributed by atoms with Crippen LogP contribution in [0.5, 0.6) is 5.75 Å². The average molecular weight is 449 g/mol. The zero-order valence-corrected chi connectivity index (χ0v) is 17.2. The van der Waals surface area contributed by atoms with Crippen molar-refractivity contribution in [2.75, 3.05) is 10.6 Å². The summed E-state index contributed by atoms with van der Waals surface area (Å²) < 4.78 is 46.5. The van der Waals surface area contributed by atoms with Crippen LogP contribution in [0.2, 0.25) is 5.02 Å². The Morgan fingerprint density at radius 3 is 2.42 bits per heavy atom. The minimum Gasteiger partial charge on any atom is -0.490 e. The van der Waals surface area contributed by atoms with E-state index in [4.69, 9.17) is 16.3 Å². The number of ether oxygens (including phenoxy) is 1. The maximum atomic E-state index is 13.5. The van der Waals surface area contributed by atoms with E-state index in [1.807, 2.05) is 0 Å². The standard InChI is InChI=1S/C22H20ClF3N4O/c23-14-8-10-15(11-9-14)29-21-27-13-19(22(24,25)26)20(30-21)28-16-4-3-7-18(12-16)31-17-5-1-2-6-17/h3-4,7-13,17H,1-2,5-6H2,(H2,27,28,29,30). The highest BCUT2D eigenvalue weighted by Gasteiger charge is 2.35. The van der Waals surface area contributed by atoms with Gasteiger partial charge in [-0.05, 0) is 62.1 Å². The normalized spacial score (nSPS) is 14.5. The average Bonchev–Trinajstić information content (AvgIpc) is 3.22. The fraction of sp³-hybridized carbons (Fsp3) is 0.273. The maximum absolute atomic E-state index is 13.5. The van der Waals surface area contributed by atoms with E-state index in [0.29, 0.717) is 22.1 Å². The van der Waals surface area contributed by atoms with Gasteiger partial charge in [-0.15, -0.1) is 0 Å². The highest BCUT2D eigenvalue weighted by atomic mass is 35.5. The number of anilines is 4. The third kappa shape index (κ3) is 5.58. The summed E-state index contributed by atoms with van der Waals surface area (Å²) in [7, 11) is 0.